The Morgan fingerprint density at radius 2 is 2.10 bits per heavy atom. The molecule has 1 aliphatic rings. The van der Waals surface area contributed by atoms with Crippen LogP contribution in [0.1, 0.15) is 43.9 Å². The van der Waals surface area contributed by atoms with Gasteiger partial charge in [0.2, 0.25) is 0 Å². The van der Waals surface area contributed by atoms with E-state index in [-0.39, 0.29) is 6.04 Å². The molecule has 1 saturated heterocycles. The first-order chi connectivity index (χ1) is 9.55. The molecule has 1 fully saturated rings. The molecule has 1 aromatic heterocycles. The standard InChI is InChI=1S/C15H25N3O2/c1-4-20-15(5-7-19-8-6-15)14-17-12(3)10-13(18-14)9-11(2)16/h10-11H,4-9,16H2,1-3H3. The molecule has 0 saturated carbocycles. The van der Waals surface area contributed by atoms with Crippen LogP contribution in [-0.2, 0) is 21.5 Å². The molecule has 0 amide bonds. The molecule has 1 unspecified atom stereocenters. The maximum atomic E-state index is 6.04. The van der Waals surface area contributed by atoms with Gasteiger partial charge in [-0.15, -0.1) is 0 Å². The Hall–Kier alpha value is -1.04. The first-order valence-electron chi connectivity index (χ1n) is 7.38. The number of nitrogens with zero attached hydrogens (tertiary/aromatic N) is 2. The Kier molecular flexibility index (Phi) is 5.07. The van der Waals surface area contributed by atoms with Crippen molar-refractivity contribution in [1.82, 2.24) is 9.97 Å². The number of aryl methyl sites for hydroxylation is 1. The summed E-state index contributed by atoms with van der Waals surface area (Å²) in [5.41, 5.74) is 7.45. The molecule has 0 radical (unpaired) electrons. The summed E-state index contributed by atoms with van der Waals surface area (Å²) in [6.45, 7) is 8.04. The SMILES string of the molecule is CCOC1(c2nc(C)cc(CC(C)N)n2)CCOCC1. The van der Waals surface area contributed by atoms with Crippen LogP contribution in [0.4, 0.5) is 0 Å². The van der Waals surface area contributed by atoms with Crippen molar-refractivity contribution in [2.45, 2.75) is 51.7 Å². The van der Waals surface area contributed by atoms with Crippen molar-refractivity contribution >= 4 is 0 Å². The molecule has 0 spiro atoms. The van der Waals surface area contributed by atoms with E-state index in [9.17, 15) is 0 Å². The van der Waals surface area contributed by atoms with Gasteiger partial charge in [-0.05, 0) is 26.8 Å². The zero-order chi connectivity index (χ0) is 14.6. The Balaban J connectivity index is 2.34. The lowest BCUT2D eigenvalue weighted by molar-refractivity contribution is -0.118. The van der Waals surface area contributed by atoms with Crippen LogP contribution in [0.2, 0.25) is 0 Å². The molecule has 1 aliphatic heterocycles. The second-order valence-electron chi connectivity index (χ2n) is 5.55. The second-order valence-corrected chi connectivity index (χ2v) is 5.55. The van der Waals surface area contributed by atoms with E-state index in [0.29, 0.717) is 19.8 Å². The molecule has 1 atom stereocenters. The molecule has 20 heavy (non-hydrogen) atoms. The van der Waals surface area contributed by atoms with Crippen LogP contribution in [0.3, 0.4) is 0 Å². The van der Waals surface area contributed by atoms with Gasteiger partial charge >= 0.3 is 0 Å². The normalized spacial score (nSPS) is 19.8. The Morgan fingerprint density at radius 1 is 1.40 bits per heavy atom. The third-order valence-electron chi connectivity index (χ3n) is 3.57. The Labute approximate surface area is 120 Å². The molecular weight excluding hydrogens is 254 g/mol. The van der Waals surface area contributed by atoms with Crippen LogP contribution in [0.15, 0.2) is 6.07 Å². The zero-order valence-electron chi connectivity index (χ0n) is 12.7. The molecule has 1 aromatic rings. The zero-order valence-corrected chi connectivity index (χ0v) is 12.7. The van der Waals surface area contributed by atoms with E-state index in [1.165, 1.54) is 0 Å². The van der Waals surface area contributed by atoms with Crippen LogP contribution in [0.25, 0.3) is 0 Å². The van der Waals surface area contributed by atoms with E-state index in [4.69, 9.17) is 20.2 Å². The quantitative estimate of drug-likeness (QED) is 0.888. The molecule has 5 nitrogen and oxygen atoms in total. The highest BCUT2D eigenvalue weighted by molar-refractivity contribution is 5.15. The van der Waals surface area contributed by atoms with Crippen molar-refractivity contribution in [1.29, 1.82) is 0 Å². The fourth-order valence-electron chi connectivity index (χ4n) is 2.68. The minimum atomic E-state index is -0.397. The number of nitrogens with two attached hydrogens (primary N) is 1. The largest absolute Gasteiger partial charge is 0.381 e. The van der Waals surface area contributed by atoms with Gasteiger partial charge in [-0.2, -0.15) is 0 Å². The van der Waals surface area contributed by atoms with Gasteiger partial charge in [-0.1, -0.05) is 0 Å². The lowest BCUT2D eigenvalue weighted by atomic mass is 9.92. The predicted molar refractivity (Wildman–Crippen MR) is 77.5 cm³/mol. The minimum Gasteiger partial charge on any atom is -0.381 e. The summed E-state index contributed by atoms with van der Waals surface area (Å²) >= 11 is 0. The first-order valence-corrected chi connectivity index (χ1v) is 7.38. The Morgan fingerprint density at radius 3 is 2.70 bits per heavy atom. The molecule has 0 bridgehead atoms. The summed E-state index contributed by atoms with van der Waals surface area (Å²) in [5, 5.41) is 0. The van der Waals surface area contributed by atoms with E-state index in [1.54, 1.807) is 0 Å². The minimum absolute atomic E-state index is 0.0925. The average molecular weight is 279 g/mol. The van der Waals surface area contributed by atoms with Crippen molar-refractivity contribution in [2.75, 3.05) is 19.8 Å². The van der Waals surface area contributed by atoms with Crippen LogP contribution in [-0.4, -0.2) is 35.8 Å². The molecule has 112 valence electrons. The monoisotopic (exact) mass is 279 g/mol. The molecule has 2 N–H and O–H groups in total. The average Bonchev–Trinajstić information content (AvgIpc) is 2.38. The van der Waals surface area contributed by atoms with Crippen LogP contribution in [0.5, 0.6) is 0 Å². The van der Waals surface area contributed by atoms with Crippen molar-refractivity contribution in [2.24, 2.45) is 5.73 Å². The first kappa shape index (κ1) is 15.4. The van der Waals surface area contributed by atoms with E-state index >= 15 is 0 Å². The summed E-state index contributed by atoms with van der Waals surface area (Å²) in [4.78, 5) is 9.34. The van der Waals surface area contributed by atoms with Gasteiger partial charge in [0.25, 0.3) is 0 Å². The molecular formula is C15H25N3O2. The third-order valence-corrected chi connectivity index (χ3v) is 3.57. The van der Waals surface area contributed by atoms with Crippen LogP contribution >= 0.6 is 0 Å². The molecule has 2 heterocycles. The third kappa shape index (κ3) is 3.53. The lowest BCUT2D eigenvalue weighted by Crippen LogP contribution is -2.39. The van der Waals surface area contributed by atoms with Gasteiger partial charge in [0.1, 0.15) is 5.60 Å². The smallest absolute Gasteiger partial charge is 0.160 e. The maximum Gasteiger partial charge on any atom is 0.160 e. The van der Waals surface area contributed by atoms with E-state index in [0.717, 1.165) is 36.5 Å². The molecule has 5 heteroatoms. The van der Waals surface area contributed by atoms with Crippen molar-refractivity contribution in [3.8, 4) is 0 Å². The number of hydrogen-bond donors (Lipinski definition) is 1. The summed E-state index contributed by atoms with van der Waals surface area (Å²) in [5.74, 6) is 0.790. The lowest BCUT2D eigenvalue weighted by Gasteiger charge is -2.35. The van der Waals surface area contributed by atoms with Gasteiger partial charge in [0.15, 0.2) is 5.82 Å². The van der Waals surface area contributed by atoms with Gasteiger partial charge < -0.3 is 15.2 Å². The summed E-state index contributed by atoms with van der Waals surface area (Å²) in [6.07, 6.45) is 2.37. The summed E-state index contributed by atoms with van der Waals surface area (Å²) in [7, 11) is 0. The van der Waals surface area contributed by atoms with E-state index in [1.807, 2.05) is 26.8 Å². The van der Waals surface area contributed by atoms with Gasteiger partial charge in [-0.3, -0.25) is 0 Å². The van der Waals surface area contributed by atoms with Crippen LogP contribution < -0.4 is 5.73 Å². The topological polar surface area (TPSA) is 70.3 Å². The Bertz CT molecular complexity index is 437. The number of aromatic nitrogens is 2. The summed E-state index contributed by atoms with van der Waals surface area (Å²) in [6, 6.07) is 2.10. The van der Waals surface area contributed by atoms with Gasteiger partial charge in [-0.25, -0.2) is 9.97 Å². The fraction of sp³-hybridized carbons (Fsp3) is 0.733. The number of ether oxygens (including phenoxy) is 2. The molecule has 0 aromatic carbocycles. The summed E-state index contributed by atoms with van der Waals surface area (Å²) < 4.78 is 11.5. The van der Waals surface area contributed by atoms with Crippen molar-refractivity contribution < 1.29 is 9.47 Å². The highest BCUT2D eigenvalue weighted by atomic mass is 16.5. The van der Waals surface area contributed by atoms with E-state index in [2.05, 4.69) is 4.98 Å². The van der Waals surface area contributed by atoms with Crippen LogP contribution in [0, 0.1) is 6.92 Å². The highest BCUT2D eigenvalue weighted by Crippen LogP contribution is 2.34. The van der Waals surface area contributed by atoms with Gasteiger partial charge in [0.05, 0.1) is 0 Å². The van der Waals surface area contributed by atoms with Crippen molar-refractivity contribution in [3.63, 3.8) is 0 Å². The number of hydrogen-bond acceptors (Lipinski definition) is 5. The molecule has 0 aliphatic carbocycles. The van der Waals surface area contributed by atoms with Crippen molar-refractivity contribution in [3.05, 3.63) is 23.3 Å². The maximum absolute atomic E-state index is 6.04. The predicted octanol–water partition coefficient (Wildman–Crippen LogP) is 1.72. The second kappa shape index (κ2) is 6.61. The highest BCUT2D eigenvalue weighted by Gasteiger charge is 2.38. The number of rotatable bonds is 5. The van der Waals surface area contributed by atoms with Gasteiger partial charge in [0, 0.05) is 56.5 Å². The molecule has 2 rings (SSSR count). The fourth-order valence-corrected chi connectivity index (χ4v) is 2.68. The van der Waals surface area contributed by atoms with E-state index < -0.39 is 5.60 Å².